The van der Waals surface area contributed by atoms with Gasteiger partial charge in [0.2, 0.25) is 6.79 Å². The Hall–Kier alpha value is -2.54. The number of hydrogen-bond acceptors (Lipinski definition) is 6. The van der Waals surface area contributed by atoms with Crippen molar-refractivity contribution in [3.63, 3.8) is 0 Å². The van der Waals surface area contributed by atoms with Crippen LogP contribution in [0.5, 0.6) is 11.5 Å². The van der Waals surface area contributed by atoms with Crippen molar-refractivity contribution < 1.29 is 23.5 Å². The molecule has 1 aromatic carbocycles. The van der Waals surface area contributed by atoms with Gasteiger partial charge in [-0.1, -0.05) is 5.16 Å². The van der Waals surface area contributed by atoms with Crippen LogP contribution >= 0.6 is 0 Å². The van der Waals surface area contributed by atoms with E-state index in [1.165, 1.54) is 0 Å². The molecule has 0 saturated heterocycles. The molecule has 1 N–H and O–H groups in total. The Labute approximate surface area is 146 Å². The number of aromatic nitrogens is 1. The summed E-state index contributed by atoms with van der Waals surface area (Å²) in [4.78, 5) is 12.5. The number of hydrogen-bond donors (Lipinski definition) is 1. The van der Waals surface area contributed by atoms with E-state index in [9.17, 15) is 4.79 Å². The second kappa shape index (κ2) is 7.57. The fourth-order valence-corrected chi connectivity index (χ4v) is 2.55. The molecule has 2 heterocycles. The lowest BCUT2D eigenvalue weighted by atomic mass is 10.1. The van der Waals surface area contributed by atoms with Gasteiger partial charge >= 0.3 is 0 Å². The Bertz CT molecular complexity index is 754. The number of amides is 1. The molecule has 7 heteroatoms. The largest absolute Gasteiger partial charge is 0.454 e. The van der Waals surface area contributed by atoms with Crippen molar-refractivity contribution in [2.45, 2.75) is 33.3 Å². The summed E-state index contributed by atoms with van der Waals surface area (Å²) < 4.78 is 21.5. The molecule has 3 rings (SSSR count). The highest BCUT2D eigenvalue weighted by atomic mass is 16.7. The quantitative estimate of drug-likeness (QED) is 0.776. The van der Waals surface area contributed by atoms with Crippen LogP contribution in [0.1, 0.15) is 36.3 Å². The number of nitrogens with zero attached hydrogens (tertiary/aromatic N) is 1. The molecule has 0 unspecified atom stereocenters. The molecule has 25 heavy (non-hydrogen) atoms. The maximum atomic E-state index is 12.5. The first-order chi connectivity index (χ1) is 12.1. The minimum atomic E-state index is -0.212. The third-order valence-corrected chi connectivity index (χ3v) is 3.78. The van der Waals surface area contributed by atoms with Gasteiger partial charge in [-0.05, 0) is 45.4 Å². The Balaban J connectivity index is 1.70. The number of fused-ring (bicyclic) bond motifs is 1. The van der Waals surface area contributed by atoms with E-state index < -0.39 is 0 Å². The second-order valence-corrected chi connectivity index (χ2v) is 6.07. The summed E-state index contributed by atoms with van der Waals surface area (Å²) in [5.74, 6) is 1.52. The van der Waals surface area contributed by atoms with Crippen molar-refractivity contribution in [1.82, 2.24) is 10.5 Å². The molecular weight excluding hydrogens is 324 g/mol. The van der Waals surface area contributed by atoms with Crippen LogP contribution in [-0.2, 0) is 4.74 Å². The zero-order valence-electron chi connectivity index (χ0n) is 14.6. The maximum absolute atomic E-state index is 12.5. The van der Waals surface area contributed by atoms with Crippen molar-refractivity contribution in [3.05, 3.63) is 29.5 Å². The smallest absolute Gasteiger partial charge is 0.257 e. The van der Waals surface area contributed by atoms with Gasteiger partial charge in [-0.3, -0.25) is 4.79 Å². The third kappa shape index (κ3) is 3.93. The standard InChI is InChI=1S/C18H22N2O5/c1-11(2)22-8-4-7-19-18(21)16-12(3)20-25-17(16)13-5-6-14-15(9-13)24-10-23-14/h5-6,9,11H,4,7-8,10H2,1-3H3,(H,19,21). The fraction of sp³-hybridized carbons (Fsp3) is 0.444. The van der Waals surface area contributed by atoms with Gasteiger partial charge in [0.25, 0.3) is 5.91 Å². The molecule has 0 saturated carbocycles. The molecule has 1 amide bonds. The van der Waals surface area contributed by atoms with E-state index in [1.807, 2.05) is 19.9 Å². The van der Waals surface area contributed by atoms with Crippen LogP contribution in [0.2, 0.25) is 0 Å². The summed E-state index contributed by atoms with van der Waals surface area (Å²) in [5.41, 5.74) is 1.70. The van der Waals surface area contributed by atoms with Crippen LogP contribution in [0, 0.1) is 6.92 Å². The normalized spacial score (nSPS) is 12.6. The van der Waals surface area contributed by atoms with Gasteiger partial charge in [0.1, 0.15) is 5.56 Å². The molecule has 1 aliphatic heterocycles. The van der Waals surface area contributed by atoms with E-state index in [0.29, 0.717) is 41.7 Å². The van der Waals surface area contributed by atoms with Crippen LogP contribution in [-0.4, -0.2) is 37.1 Å². The van der Waals surface area contributed by atoms with Crippen LogP contribution in [0.25, 0.3) is 11.3 Å². The average molecular weight is 346 g/mol. The number of benzene rings is 1. The van der Waals surface area contributed by atoms with Crippen LogP contribution < -0.4 is 14.8 Å². The number of rotatable bonds is 7. The molecule has 0 bridgehead atoms. The highest BCUT2D eigenvalue weighted by Gasteiger charge is 2.23. The Kier molecular flexibility index (Phi) is 5.23. The minimum Gasteiger partial charge on any atom is -0.454 e. The van der Waals surface area contributed by atoms with Crippen molar-refractivity contribution in [2.24, 2.45) is 0 Å². The van der Waals surface area contributed by atoms with Crippen LogP contribution in [0.3, 0.4) is 0 Å². The summed E-state index contributed by atoms with van der Waals surface area (Å²) in [5, 5.41) is 6.83. The van der Waals surface area contributed by atoms with Gasteiger partial charge in [0, 0.05) is 18.7 Å². The number of aryl methyl sites for hydroxylation is 1. The second-order valence-electron chi connectivity index (χ2n) is 6.07. The van der Waals surface area contributed by atoms with E-state index in [-0.39, 0.29) is 18.8 Å². The molecule has 0 aliphatic carbocycles. The van der Waals surface area contributed by atoms with E-state index in [0.717, 1.165) is 12.0 Å². The highest BCUT2D eigenvalue weighted by Crippen LogP contribution is 2.37. The van der Waals surface area contributed by atoms with Gasteiger partial charge < -0.3 is 24.1 Å². The van der Waals surface area contributed by atoms with Crippen molar-refractivity contribution in [3.8, 4) is 22.8 Å². The lowest BCUT2D eigenvalue weighted by Gasteiger charge is -2.08. The monoisotopic (exact) mass is 346 g/mol. The molecule has 1 aliphatic rings. The molecule has 7 nitrogen and oxygen atoms in total. The summed E-state index contributed by atoms with van der Waals surface area (Å²) in [6, 6.07) is 5.40. The Morgan fingerprint density at radius 1 is 1.32 bits per heavy atom. The summed E-state index contributed by atoms with van der Waals surface area (Å²) in [6.45, 7) is 7.04. The molecule has 0 atom stereocenters. The number of ether oxygens (including phenoxy) is 3. The van der Waals surface area contributed by atoms with Gasteiger partial charge in [0.15, 0.2) is 17.3 Å². The molecule has 0 fully saturated rings. The molecular formula is C18H22N2O5. The summed E-state index contributed by atoms with van der Waals surface area (Å²) in [6.07, 6.45) is 0.932. The molecule has 134 valence electrons. The topological polar surface area (TPSA) is 82.8 Å². The lowest BCUT2D eigenvalue weighted by molar-refractivity contribution is 0.0757. The summed E-state index contributed by atoms with van der Waals surface area (Å²) in [7, 11) is 0. The SMILES string of the molecule is Cc1noc(-c2ccc3c(c2)OCO3)c1C(=O)NCCCOC(C)C. The van der Waals surface area contributed by atoms with E-state index in [4.69, 9.17) is 18.7 Å². The maximum Gasteiger partial charge on any atom is 0.257 e. The first kappa shape index (κ1) is 17.3. The predicted molar refractivity (Wildman–Crippen MR) is 90.8 cm³/mol. The number of carbonyl (C=O) groups is 1. The van der Waals surface area contributed by atoms with Gasteiger partial charge in [-0.25, -0.2) is 0 Å². The number of nitrogens with one attached hydrogen (secondary N) is 1. The van der Waals surface area contributed by atoms with Crippen LogP contribution in [0.15, 0.2) is 22.7 Å². The fourth-order valence-electron chi connectivity index (χ4n) is 2.55. The zero-order valence-corrected chi connectivity index (χ0v) is 14.6. The lowest BCUT2D eigenvalue weighted by Crippen LogP contribution is -2.26. The van der Waals surface area contributed by atoms with Gasteiger partial charge in [0.05, 0.1) is 11.8 Å². The molecule has 0 spiro atoms. The summed E-state index contributed by atoms with van der Waals surface area (Å²) >= 11 is 0. The van der Waals surface area contributed by atoms with Crippen molar-refractivity contribution in [1.29, 1.82) is 0 Å². The first-order valence-corrected chi connectivity index (χ1v) is 8.32. The minimum absolute atomic E-state index is 0.189. The van der Waals surface area contributed by atoms with Crippen molar-refractivity contribution >= 4 is 5.91 Å². The highest BCUT2D eigenvalue weighted by molar-refractivity contribution is 6.00. The van der Waals surface area contributed by atoms with Crippen molar-refractivity contribution in [2.75, 3.05) is 19.9 Å². The Morgan fingerprint density at radius 3 is 2.92 bits per heavy atom. The van der Waals surface area contributed by atoms with E-state index in [2.05, 4.69) is 10.5 Å². The molecule has 1 aromatic heterocycles. The average Bonchev–Trinajstić information content (AvgIpc) is 3.19. The van der Waals surface area contributed by atoms with E-state index >= 15 is 0 Å². The first-order valence-electron chi connectivity index (χ1n) is 8.32. The zero-order chi connectivity index (χ0) is 17.8. The van der Waals surface area contributed by atoms with Gasteiger partial charge in [-0.2, -0.15) is 0 Å². The Morgan fingerprint density at radius 2 is 2.12 bits per heavy atom. The van der Waals surface area contributed by atoms with E-state index in [1.54, 1.807) is 19.1 Å². The molecule has 2 aromatic rings. The predicted octanol–water partition coefficient (Wildman–Crippen LogP) is 2.92. The molecule has 0 radical (unpaired) electrons. The third-order valence-electron chi connectivity index (χ3n) is 3.78. The van der Waals surface area contributed by atoms with Gasteiger partial charge in [-0.15, -0.1) is 0 Å². The van der Waals surface area contributed by atoms with Crippen LogP contribution in [0.4, 0.5) is 0 Å². The number of carbonyl (C=O) groups excluding carboxylic acids is 1.